The lowest BCUT2D eigenvalue weighted by molar-refractivity contribution is 0.625. The minimum absolute atomic E-state index is 0.761. The molecular formula is C20H43S+. The monoisotopic (exact) mass is 315 g/mol. The molecule has 0 heterocycles. The first-order valence-electron chi connectivity index (χ1n) is 9.99. The Balaban J connectivity index is 3.67. The molecule has 1 heteroatoms. The highest BCUT2D eigenvalue weighted by Crippen LogP contribution is 2.13. The zero-order chi connectivity index (χ0) is 15.6. The molecular weight excluding hydrogens is 272 g/mol. The maximum Gasteiger partial charge on any atom is 0.108 e. The Morgan fingerprint density at radius 1 is 0.381 bits per heavy atom. The maximum absolute atomic E-state index is 2.32. The van der Waals surface area contributed by atoms with Crippen LogP contribution in [0.25, 0.3) is 0 Å². The van der Waals surface area contributed by atoms with E-state index in [1.54, 1.807) is 17.3 Å². The van der Waals surface area contributed by atoms with Crippen LogP contribution in [-0.4, -0.2) is 17.3 Å². The summed E-state index contributed by atoms with van der Waals surface area (Å²) in [7, 11) is 0.761. The summed E-state index contributed by atoms with van der Waals surface area (Å²) in [6.45, 7) is 6.95. The van der Waals surface area contributed by atoms with Crippen molar-refractivity contribution in [3.63, 3.8) is 0 Å². The van der Waals surface area contributed by atoms with Gasteiger partial charge in [-0.3, -0.25) is 0 Å². The van der Waals surface area contributed by atoms with Crippen molar-refractivity contribution in [1.82, 2.24) is 0 Å². The highest BCUT2D eigenvalue weighted by molar-refractivity contribution is 7.96. The Hall–Kier alpha value is 0.350. The van der Waals surface area contributed by atoms with E-state index in [9.17, 15) is 0 Å². The standard InChI is InChI=1S/C20H43S/c1-4-7-10-13-14-17-20-21(18-15-11-8-5-2)19-16-12-9-6-3/h4-20H2,1-3H3/q+1. The van der Waals surface area contributed by atoms with Gasteiger partial charge in [-0.05, 0) is 49.4 Å². The molecule has 0 aliphatic rings. The minimum atomic E-state index is 0.761. The Bertz CT molecular complexity index is 167. The van der Waals surface area contributed by atoms with Crippen molar-refractivity contribution in [2.75, 3.05) is 17.3 Å². The predicted molar refractivity (Wildman–Crippen MR) is 104 cm³/mol. The van der Waals surface area contributed by atoms with E-state index in [0.29, 0.717) is 0 Å². The SMILES string of the molecule is CCCCCCCC[S+](CCCCCC)CCCCCC. The quantitative estimate of drug-likeness (QED) is 0.198. The summed E-state index contributed by atoms with van der Waals surface area (Å²) in [6.07, 6.45) is 20.4. The fourth-order valence-corrected chi connectivity index (χ4v) is 5.31. The lowest BCUT2D eigenvalue weighted by Crippen LogP contribution is -2.16. The first-order valence-corrected chi connectivity index (χ1v) is 11.7. The van der Waals surface area contributed by atoms with Gasteiger partial charge in [0.15, 0.2) is 0 Å². The third-order valence-corrected chi connectivity index (χ3v) is 6.96. The lowest BCUT2D eigenvalue weighted by Gasteiger charge is -2.09. The average Bonchev–Trinajstić information content (AvgIpc) is 2.50. The Labute approximate surface area is 139 Å². The predicted octanol–water partition coefficient (Wildman–Crippen LogP) is 7.13. The van der Waals surface area contributed by atoms with Gasteiger partial charge in [-0.25, -0.2) is 0 Å². The van der Waals surface area contributed by atoms with E-state index in [2.05, 4.69) is 20.8 Å². The number of hydrogen-bond donors (Lipinski definition) is 0. The normalized spacial score (nSPS) is 11.4. The Morgan fingerprint density at radius 2 is 0.667 bits per heavy atom. The molecule has 0 amide bonds. The fourth-order valence-electron chi connectivity index (χ4n) is 2.86. The molecule has 0 spiro atoms. The molecule has 0 aromatic heterocycles. The summed E-state index contributed by atoms with van der Waals surface area (Å²) in [6, 6.07) is 0. The highest BCUT2D eigenvalue weighted by atomic mass is 32.2. The van der Waals surface area contributed by atoms with Crippen molar-refractivity contribution in [1.29, 1.82) is 0 Å². The van der Waals surface area contributed by atoms with Gasteiger partial charge in [-0.15, -0.1) is 0 Å². The second-order valence-electron chi connectivity index (χ2n) is 6.61. The van der Waals surface area contributed by atoms with Gasteiger partial charge in [0, 0.05) is 0 Å². The van der Waals surface area contributed by atoms with Gasteiger partial charge in [0.05, 0.1) is 0 Å². The largest absolute Gasteiger partial charge is 0.108 e. The third kappa shape index (κ3) is 16.5. The molecule has 0 rings (SSSR count). The molecule has 0 aromatic carbocycles. The van der Waals surface area contributed by atoms with Gasteiger partial charge in [-0.2, -0.15) is 0 Å². The van der Waals surface area contributed by atoms with Crippen LogP contribution in [0, 0.1) is 0 Å². The van der Waals surface area contributed by atoms with E-state index < -0.39 is 0 Å². The molecule has 0 bridgehead atoms. The van der Waals surface area contributed by atoms with Gasteiger partial charge < -0.3 is 0 Å². The molecule has 0 N–H and O–H groups in total. The van der Waals surface area contributed by atoms with E-state index in [4.69, 9.17) is 0 Å². The van der Waals surface area contributed by atoms with Gasteiger partial charge >= 0.3 is 0 Å². The van der Waals surface area contributed by atoms with E-state index in [0.717, 1.165) is 10.9 Å². The van der Waals surface area contributed by atoms with Crippen LogP contribution in [0.15, 0.2) is 0 Å². The topological polar surface area (TPSA) is 0 Å². The maximum atomic E-state index is 2.32. The van der Waals surface area contributed by atoms with Crippen molar-refractivity contribution in [2.45, 2.75) is 111 Å². The van der Waals surface area contributed by atoms with E-state index in [1.165, 1.54) is 89.9 Å². The van der Waals surface area contributed by atoms with Crippen LogP contribution in [0.5, 0.6) is 0 Å². The first kappa shape index (κ1) is 21.4. The molecule has 0 saturated carbocycles. The van der Waals surface area contributed by atoms with Crippen LogP contribution in [0.2, 0.25) is 0 Å². The molecule has 0 aliphatic heterocycles. The van der Waals surface area contributed by atoms with Crippen molar-refractivity contribution in [3.05, 3.63) is 0 Å². The Morgan fingerprint density at radius 3 is 1.05 bits per heavy atom. The van der Waals surface area contributed by atoms with Crippen molar-refractivity contribution >= 4 is 10.9 Å². The van der Waals surface area contributed by atoms with Crippen LogP contribution >= 0.6 is 0 Å². The van der Waals surface area contributed by atoms with Gasteiger partial charge in [0.1, 0.15) is 17.3 Å². The minimum Gasteiger partial charge on any atom is -0.0654 e. The summed E-state index contributed by atoms with van der Waals surface area (Å²) in [5, 5.41) is 0. The number of hydrogen-bond acceptors (Lipinski definition) is 0. The van der Waals surface area contributed by atoms with Gasteiger partial charge in [0.2, 0.25) is 0 Å². The van der Waals surface area contributed by atoms with E-state index >= 15 is 0 Å². The lowest BCUT2D eigenvalue weighted by atomic mass is 10.1. The van der Waals surface area contributed by atoms with Gasteiger partial charge in [-0.1, -0.05) is 72.1 Å². The fraction of sp³-hybridized carbons (Fsp3) is 1.00. The smallest absolute Gasteiger partial charge is 0.0654 e. The summed E-state index contributed by atoms with van der Waals surface area (Å²) in [4.78, 5) is 0. The van der Waals surface area contributed by atoms with E-state index in [-0.39, 0.29) is 0 Å². The molecule has 0 unspecified atom stereocenters. The summed E-state index contributed by atoms with van der Waals surface area (Å²) in [5.41, 5.74) is 0. The second kappa shape index (κ2) is 18.4. The Kier molecular flexibility index (Phi) is 18.7. The van der Waals surface area contributed by atoms with Crippen molar-refractivity contribution in [3.8, 4) is 0 Å². The molecule has 0 radical (unpaired) electrons. The number of rotatable bonds is 17. The molecule has 128 valence electrons. The van der Waals surface area contributed by atoms with Gasteiger partial charge in [0.25, 0.3) is 0 Å². The molecule has 0 aliphatic carbocycles. The second-order valence-corrected chi connectivity index (χ2v) is 9.06. The summed E-state index contributed by atoms with van der Waals surface area (Å²) in [5.74, 6) is 4.63. The molecule has 0 atom stereocenters. The van der Waals surface area contributed by atoms with Crippen LogP contribution in [0.3, 0.4) is 0 Å². The zero-order valence-corrected chi connectivity index (χ0v) is 16.2. The van der Waals surface area contributed by atoms with Crippen LogP contribution < -0.4 is 0 Å². The summed E-state index contributed by atoms with van der Waals surface area (Å²) >= 11 is 0. The van der Waals surface area contributed by atoms with Crippen molar-refractivity contribution < 1.29 is 0 Å². The van der Waals surface area contributed by atoms with Crippen molar-refractivity contribution in [2.24, 2.45) is 0 Å². The van der Waals surface area contributed by atoms with Crippen LogP contribution in [-0.2, 0) is 10.9 Å². The van der Waals surface area contributed by atoms with Crippen LogP contribution in [0.1, 0.15) is 111 Å². The average molecular weight is 316 g/mol. The zero-order valence-electron chi connectivity index (χ0n) is 15.4. The first-order chi connectivity index (χ1) is 10.3. The molecule has 0 nitrogen and oxygen atoms in total. The number of unbranched alkanes of at least 4 members (excludes halogenated alkanes) is 11. The molecule has 0 fully saturated rings. The third-order valence-electron chi connectivity index (χ3n) is 4.36. The van der Waals surface area contributed by atoms with E-state index in [1.807, 2.05) is 0 Å². The highest BCUT2D eigenvalue weighted by Gasteiger charge is 2.16. The molecule has 0 saturated heterocycles. The van der Waals surface area contributed by atoms with Crippen LogP contribution in [0.4, 0.5) is 0 Å². The summed E-state index contributed by atoms with van der Waals surface area (Å²) < 4.78 is 0. The molecule has 0 aromatic rings. The molecule has 21 heavy (non-hydrogen) atoms.